The van der Waals surface area contributed by atoms with Gasteiger partial charge in [-0.25, -0.2) is 0 Å². The van der Waals surface area contributed by atoms with Crippen molar-refractivity contribution in [3.8, 4) is 0 Å². The zero-order valence-electron chi connectivity index (χ0n) is 9.20. The lowest BCUT2D eigenvalue weighted by atomic mass is 10.2. The molecule has 0 aromatic carbocycles. The lowest BCUT2D eigenvalue weighted by Crippen LogP contribution is -2.42. The van der Waals surface area contributed by atoms with Crippen LogP contribution in [0.15, 0.2) is 0 Å². The van der Waals surface area contributed by atoms with Gasteiger partial charge in [-0.05, 0) is 13.8 Å². The molecule has 4 heteroatoms. The van der Waals surface area contributed by atoms with E-state index < -0.39 is 0 Å². The maximum atomic E-state index is 9.28. The first-order valence-electron chi connectivity index (χ1n) is 5.41. The molecule has 1 rings (SSSR count). The van der Waals surface area contributed by atoms with Crippen LogP contribution in [0.25, 0.3) is 0 Å². The Kier molecular flexibility index (Phi) is 5.86. The van der Waals surface area contributed by atoms with Gasteiger partial charge >= 0.3 is 0 Å². The van der Waals surface area contributed by atoms with Crippen LogP contribution in [-0.2, 0) is 0 Å². The van der Waals surface area contributed by atoms with Gasteiger partial charge in [0.1, 0.15) is 0 Å². The quantitative estimate of drug-likeness (QED) is 0.700. The summed E-state index contributed by atoms with van der Waals surface area (Å²) in [4.78, 5) is 2.48. The second-order valence-electron chi connectivity index (χ2n) is 3.94. The van der Waals surface area contributed by atoms with Gasteiger partial charge in [0.15, 0.2) is 0 Å². The molecule has 3 nitrogen and oxygen atoms in total. The molecule has 0 aliphatic carbocycles. The highest BCUT2D eigenvalue weighted by molar-refractivity contribution is 7.99. The molecule has 1 saturated heterocycles. The van der Waals surface area contributed by atoms with Crippen molar-refractivity contribution in [3.05, 3.63) is 0 Å². The first-order valence-corrected chi connectivity index (χ1v) is 6.57. The van der Waals surface area contributed by atoms with Crippen molar-refractivity contribution in [3.63, 3.8) is 0 Å². The molecule has 0 saturated carbocycles. The maximum Gasteiger partial charge on any atom is 0.0662 e. The summed E-state index contributed by atoms with van der Waals surface area (Å²) in [7, 11) is 0. The Morgan fingerprint density at radius 1 is 1.36 bits per heavy atom. The summed E-state index contributed by atoms with van der Waals surface area (Å²) in [5, 5.41) is 12.6. The third kappa shape index (κ3) is 4.64. The minimum atomic E-state index is -0.257. The first-order chi connectivity index (χ1) is 6.70. The monoisotopic (exact) mass is 218 g/mol. The van der Waals surface area contributed by atoms with Crippen molar-refractivity contribution < 1.29 is 5.11 Å². The SMILES string of the molecule is CC(O)C(C)NCCN1CCSCC1. The fraction of sp³-hybridized carbons (Fsp3) is 1.00. The number of thioether (sulfide) groups is 1. The molecule has 2 N–H and O–H groups in total. The van der Waals surface area contributed by atoms with Gasteiger partial charge in [-0.3, -0.25) is 0 Å². The van der Waals surface area contributed by atoms with Crippen LogP contribution >= 0.6 is 11.8 Å². The summed E-state index contributed by atoms with van der Waals surface area (Å²) < 4.78 is 0. The average Bonchev–Trinajstić information content (AvgIpc) is 2.19. The molecule has 2 unspecified atom stereocenters. The molecule has 2 atom stereocenters. The second kappa shape index (κ2) is 6.67. The van der Waals surface area contributed by atoms with Crippen molar-refractivity contribution in [2.24, 2.45) is 0 Å². The predicted molar refractivity (Wildman–Crippen MR) is 62.9 cm³/mol. The summed E-state index contributed by atoms with van der Waals surface area (Å²) >= 11 is 2.04. The number of aliphatic hydroxyl groups excluding tert-OH is 1. The highest BCUT2D eigenvalue weighted by Gasteiger charge is 2.11. The van der Waals surface area contributed by atoms with Gasteiger partial charge in [-0.15, -0.1) is 0 Å². The molecule has 14 heavy (non-hydrogen) atoms. The Labute approximate surface area is 91.2 Å². The Bertz CT molecular complexity index is 149. The van der Waals surface area contributed by atoms with Gasteiger partial charge < -0.3 is 15.3 Å². The fourth-order valence-electron chi connectivity index (χ4n) is 1.45. The van der Waals surface area contributed by atoms with Crippen LogP contribution in [0.5, 0.6) is 0 Å². The molecule has 0 aromatic rings. The normalized spacial score (nSPS) is 23.4. The molecule has 84 valence electrons. The van der Waals surface area contributed by atoms with Gasteiger partial charge in [0.05, 0.1) is 6.10 Å². The van der Waals surface area contributed by atoms with Gasteiger partial charge in [0, 0.05) is 43.7 Å². The van der Waals surface area contributed by atoms with E-state index in [0.29, 0.717) is 0 Å². The van der Waals surface area contributed by atoms with Crippen molar-refractivity contribution >= 4 is 11.8 Å². The molecule has 1 fully saturated rings. The van der Waals surface area contributed by atoms with Crippen LogP contribution in [0.3, 0.4) is 0 Å². The average molecular weight is 218 g/mol. The summed E-state index contributed by atoms with van der Waals surface area (Å²) in [6.07, 6.45) is -0.257. The standard InChI is InChI=1S/C10H22N2OS/c1-9(10(2)13)11-3-4-12-5-7-14-8-6-12/h9-11,13H,3-8H2,1-2H3. The highest BCUT2D eigenvalue weighted by atomic mass is 32.2. The summed E-state index contributed by atoms with van der Waals surface area (Å²) in [5.41, 5.74) is 0. The summed E-state index contributed by atoms with van der Waals surface area (Å²) in [6, 6.07) is 0.203. The number of nitrogens with one attached hydrogen (secondary N) is 1. The van der Waals surface area contributed by atoms with E-state index in [9.17, 15) is 5.11 Å². The van der Waals surface area contributed by atoms with Crippen molar-refractivity contribution in [2.45, 2.75) is 26.0 Å². The van der Waals surface area contributed by atoms with E-state index in [1.165, 1.54) is 24.6 Å². The van der Waals surface area contributed by atoms with E-state index in [4.69, 9.17) is 0 Å². The molecular formula is C10H22N2OS. The van der Waals surface area contributed by atoms with Crippen LogP contribution in [0.1, 0.15) is 13.8 Å². The number of aliphatic hydroxyl groups is 1. The van der Waals surface area contributed by atoms with Gasteiger partial charge in [-0.1, -0.05) is 0 Å². The number of nitrogens with zero attached hydrogens (tertiary/aromatic N) is 1. The third-order valence-electron chi connectivity index (χ3n) is 2.72. The van der Waals surface area contributed by atoms with E-state index >= 15 is 0 Å². The lowest BCUT2D eigenvalue weighted by Gasteiger charge is -2.27. The van der Waals surface area contributed by atoms with Crippen LogP contribution in [-0.4, -0.2) is 59.8 Å². The summed E-state index contributed by atoms with van der Waals surface area (Å²) in [6.45, 7) is 8.38. The molecule has 0 spiro atoms. The molecule has 0 radical (unpaired) electrons. The molecule has 1 aliphatic heterocycles. The molecule has 0 bridgehead atoms. The molecule has 1 aliphatic rings. The minimum absolute atomic E-state index is 0.203. The van der Waals surface area contributed by atoms with E-state index in [1.807, 2.05) is 25.6 Å². The Morgan fingerprint density at radius 3 is 2.57 bits per heavy atom. The maximum absolute atomic E-state index is 9.28. The summed E-state index contributed by atoms with van der Waals surface area (Å²) in [5.74, 6) is 2.54. The van der Waals surface area contributed by atoms with Gasteiger partial charge in [0.25, 0.3) is 0 Å². The number of rotatable bonds is 5. The van der Waals surface area contributed by atoms with Gasteiger partial charge in [-0.2, -0.15) is 11.8 Å². The zero-order chi connectivity index (χ0) is 10.4. The van der Waals surface area contributed by atoms with E-state index in [2.05, 4.69) is 10.2 Å². The highest BCUT2D eigenvalue weighted by Crippen LogP contribution is 2.07. The topological polar surface area (TPSA) is 35.5 Å². The minimum Gasteiger partial charge on any atom is -0.392 e. The first kappa shape index (κ1) is 12.3. The van der Waals surface area contributed by atoms with Crippen LogP contribution in [0.2, 0.25) is 0 Å². The Hall–Kier alpha value is 0.230. The van der Waals surface area contributed by atoms with Crippen molar-refractivity contribution in [2.75, 3.05) is 37.7 Å². The van der Waals surface area contributed by atoms with Crippen molar-refractivity contribution in [1.82, 2.24) is 10.2 Å². The predicted octanol–water partition coefficient (Wildman–Crippen LogP) is 0.394. The van der Waals surface area contributed by atoms with Crippen LogP contribution in [0, 0.1) is 0 Å². The zero-order valence-corrected chi connectivity index (χ0v) is 10.0. The van der Waals surface area contributed by atoms with Crippen LogP contribution < -0.4 is 5.32 Å². The van der Waals surface area contributed by atoms with E-state index in [-0.39, 0.29) is 12.1 Å². The van der Waals surface area contributed by atoms with E-state index in [0.717, 1.165) is 13.1 Å². The van der Waals surface area contributed by atoms with Crippen molar-refractivity contribution in [1.29, 1.82) is 0 Å². The number of hydrogen-bond donors (Lipinski definition) is 2. The van der Waals surface area contributed by atoms with Gasteiger partial charge in [0.2, 0.25) is 0 Å². The largest absolute Gasteiger partial charge is 0.392 e. The lowest BCUT2D eigenvalue weighted by molar-refractivity contribution is 0.150. The van der Waals surface area contributed by atoms with Crippen LogP contribution in [0.4, 0.5) is 0 Å². The molecular weight excluding hydrogens is 196 g/mol. The molecule has 0 aromatic heterocycles. The smallest absolute Gasteiger partial charge is 0.0662 e. The Morgan fingerprint density at radius 2 is 2.00 bits per heavy atom. The van der Waals surface area contributed by atoms with E-state index in [1.54, 1.807) is 0 Å². The number of hydrogen-bond acceptors (Lipinski definition) is 4. The second-order valence-corrected chi connectivity index (χ2v) is 5.16. The molecule has 1 heterocycles. The third-order valence-corrected chi connectivity index (χ3v) is 3.66. The molecule has 0 amide bonds. The Balaban J connectivity index is 2.02. The fourth-order valence-corrected chi connectivity index (χ4v) is 2.42.